The quantitative estimate of drug-likeness (QED) is 0.468. The van der Waals surface area contributed by atoms with Crippen molar-refractivity contribution in [2.75, 3.05) is 13.2 Å². The Balaban J connectivity index is 0. The molecule has 1 unspecified atom stereocenters. The SMILES string of the molecule is C.C.OCC1CN1. The molecule has 1 rings (SSSR count). The van der Waals surface area contributed by atoms with E-state index in [2.05, 4.69) is 5.32 Å². The van der Waals surface area contributed by atoms with E-state index in [4.69, 9.17) is 5.11 Å². The zero-order valence-corrected chi connectivity index (χ0v) is 2.94. The van der Waals surface area contributed by atoms with Gasteiger partial charge in [-0.1, -0.05) is 14.9 Å². The second-order valence-corrected chi connectivity index (χ2v) is 1.29. The van der Waals surface area contributed by atoms with Crippen LogP contribution in [0.5, 0.6) is 0 Å². The van der Waals surface area contributed by atoms with Crippen LogP contribution < -0.4 is 5.32 Å². The van der Waals surface area contributed by atoms with Crippen molar-refractivity contribution in [3.05, 3.63) is 0 Å². The molecule has 0 aromatic rings. The Morgan fingerprint density at radius 3 is 2.00 bits per heavy atom. The van der Waals surface area contributed by atoms with E-state index < -0.39 is 0 Å². The first kappa shape index (κ1) is 10.0. The second kappa shape index (κ2) is 4.09. The van der Waals surface area contributed by atoms with Crippen LogP contribution in [0.1, 0.15) is 14.9 Å². The van der Waals surface area contributed by atoms with E-state index in [1.54, 1.807) is 0 Å². The third-order valence-electron chi connectivity index (χ3n) is 0.713. The molecule has 0 aromatic heterocycles. The second-order valence-electron chi connectivity index (χ2n) is 1.29. The van der Waals surface area contributed by atoms with Gasteiger partial charge in [0, 0.05) is 12.6 Å². The van der Waals surface area contributed by atoms with Crippen LogP contribution in [-0.2, 0) is 0 Å². The highest BCUT2D eigenvalue weighted by Gasteiger charge is 2.16. The highest BCUT2D eigenvalue weighted by molar-refractivity contribution is 4.81. The van der Waals surface area contributed by atoms with Crippen LogP contribution in [0, 0.1) is 0 Å². The molecule has 0 radical (unpaired) electrons. The topological polar surface area (TPSA) is 42.2 Å². The van der Waals surface area contributed by atoms with Gasteiger partial charge in [0.15, 0.2) is 0 Å². The minimum Gasteiger partial charge on any atom is -0.395 e. The van der Waals surface area contributed by atoms with Crippen molar-refractivity contribution in [1.82, 2.24) is 5.32 Å². The average molecular weight is 105 g/mol. The minimum absolute atomic E-state index is 0. The number of nitrogens with one attached hydrogen (secondary N) is 1. The van der Waals surface area contributed by atoms with Crippen molar-refractivity contribution >= 4 is 0 Å². The maximum atomic E-state index is 8.14. The summed E-state index contributed by atoms with van der Waals surface area (Å²) in [5, 5.41) is 11.1. The summed E-state index contributed by atoms with van der Waals surface area (Å²) in [7, 11) is 0. The van der Waals surface area contributed by atoms with E-state index in [0.29, 0.717) is 12.6 Å². The van der Waals surface area contributed by atoms with Gasteiger partial charge in [-0.2, -0.15) is 0 Å². The molecule has 2 N–H and O–H groups in total. The molecule has 1 aliphatic rings. The maximum absolute atomic E-state index is 8.14. The van der Waals surface area contributed by atoms with E-state index >= 15 is 0 Å². The fourth-order valence-electron chi connectivity index (χ4n) is 0.212. The molecule has 0 spiro atoms. The van der Waals surface area contributed by atoms with E-state index in [1.165, 1.54) is 0 Å². The Morgan fingerprint density at radius 2 is 2.00 bits per heavy atom. The van der Waals surface area contributed by atoms with Crippen molar-refractivity contribution < 1.29 is 5.11 Å². The molecule has 0 saturated carbocycles. The first-order valence-corrected chi connectivity index (χ1v) is 1.77. The van der Waals surface area contributed by atoms with Crippen LogP contribution >= 0.6 is 0 Å². The van der Waals surface area contributed by atoms with Gasteiger partial charge in [-0.15, -0.1) is 0 Å². The van der Waals surface area contributed by atoms with Crippen LogP contribution in [0.3, 0.4) is 0 Å². The van der Waals surface area contributed by atoms with Gasteiger partial charge in [0.25, 0.3) is 0 Å². The predicted molar refractivity (Wildman–Crippen MR) is 32.3 cm³/mol. The van der Waals surface area contributed by atoms with Crippen molar-refractivity contribution in [3.63, 3.8) is 0 Å². The molecule has 0 aromatic carbocycles. The maximum Gasteiger partial charge on any atom is 0.0597 e. The first-order chi connectivity index (χ1) is 2.43. The molecular weight excluding hydrogens is 90.1 g/mol. The number of rotatable bonds is 1. The lowest BCUT2D eigenvalue weighted by Gasteiger charge is -1.72. The molecule has 1 saturated heterocycles. The molecule has 1 atom stereocenters. The molecular formula is C5H15NO. The monoisotopic (exact) mass is 105 g/mol. The number of aliphatic hydroxyl groups is 1. The summed E-state index contributed by atoms with van der Waals surface area (Å²) >= 11 is 0. The van der Waals surface area contributed by atoms with E-state index in [0.717, 1.165) is 6.54 Å². The molecule has 2 nitrogen and oxygen atoms in total. The fraction of sp³-hybridized carbons (Fsp3) is 1.00. The lowest BCUT2D eigenvalue weighted by atomic mass is 10.5. The van der Waals surface area contributed by atoms with Gasteiger partial charge in [0.2, 0.25) is 0 Å². The van der Waals surface area contributed by atoms with Gasteiger partial charge in [-0.3, -0.25) is 0 Å². The van der Waals surface area contributed by atoms with Crippen LogP contribution in [0.4, 0.5) is 0 Å². The highest BCUT2D eigenvalue weighted by atomic mass is 16.3. The van der Waals surface area contributed by atoms with Gasteiger partial charge in [0.05, 0.1) is 6.61 Å². The molecule has 1 fully saturated rings. The normalized spacial score (nSPS) is 24.4. The molecule has 7 heavy (non-hydrogen) atoms. The van der Waals surface area contributed by atoms with Gasteiger partial charge in [-0.25, -0.2) is 0 Å². The molecule has 46 valence electrons. The average Bonchev–Trinajstić information content (AvgIpc) is 2.12. The molecule has 0 bridgehead atoms. The van der Waals surface area contributed by atoms with Crippen LogP contribution in [0.2, 0.25) is 0 Å². The number of hydrogen-bond donors (Lipinski definition) is 2. The summed E-state index contributed by atoms with van der Waals surface area (Å²) in [5.74, 6) is 0. The summed E-state index contributed by atoms with van der Waals surface area (Å²) in [4.78, 5) is 0. The van der Waals surface area contributed by atoms with Crippen LogP contribution in [-0.4, -0.2) is 24.3 Å². The molecule has 1 heterocycles. The highest BCUT2D eigenvalue weighted by Crippen LogP contribution is 1.90. The summed E-state index contributed by atoms with van der Waals surface area (Å²) in [5.41, 5.74) is 0. The van der Waals surface area contributed by atoms with Crippen molar-refractivity contribution in [2.24, 2.45) is 0 Å². The number of aliphatic hydroxyl groups excluding tert-OH is 1. The Labute approximate surface area is 45.5 Å². The van der Waals surface area contributed by atoms with Gasteiger partial charge < -0.3 is 10.4 Å². The third-order valence-corrected chi connectivity index (χ3v) is 0.713. The Kier molecular flexibility index (Phi) is 5.85. The zero-order valence-electron chi connectivity index (χ0n) is 2.94. The molecule has 0 amide bonds. The summed E-state index contributed by atoms with van der Waals surface area (Å²) in [6.07, 6.45) is 0. The summed E-state index contributed by atoms with van der Waals surface area (Å²) in [6, 6.07) is 0.440. The van der Waals surface area contributed by atoms with Gasteiger partial charge >= 0.3 is 0 Å². The summed E-state index contributed by atoms with van der Waals surface area (Å²) in [6.45, 7) is 1.32. The fourth-order valence-corrected chi connectivity index (χ4v) is 0.212. The predicted octanol–water partition coefficient (Wildman–Crippen LogP) is 0.223. The minimum atomic E-state index is 0. The largest absolute Gasteiger partial charge is 0.395 e. The van der Waals surface area contributed by atoms with Crippen LogP contribution in [0.15, 0.2) is 0 Å². The Hall–Kier alpha value is -0.0800. The first-order valence-electron chi connectivity index (χ1n) is 1.77. The molecule has 2 heteroatoms. The van der Waals surface area contributed by atoms with E-state index in [1.807, 2.05) is 0 Å². The smallest absolute Gasteiger partial charge is 0.0597 e. The van der Waals surface area contributed by atoms with Crippen molar-refractivity contribution in [3.8, 4) is 0 Å². The van der Waals surface area contributed by atoms with E-state index in [9.17, 15) is 0 Å². The lowest BCUT2D eigenvalue weighted by molar-refractivity contribution is 0.297. The van der Waals surface area contributed by atoms with Crippen LogP contribution in [0.25, 0.3) is 0 Å². The lowest BCUT2D eigenvalue weighted by Crippen LogP contribution is -1.94. The summed E-state index contributed by atoms with van der Waals surface area (Å²) < 4.78 is 0. The van der Waals surface area contributed by atoms with Gasteiger partial charge in [-0.05, 0) is 0 Å². The number of hydrogen-bond acceptors (Lipinski definition) is 2. The Morgan fingerprint density at radius 1 is 1.57 bits per heavy atom. The zero-order chi connectivity index (χ0) is 3.70. The van der Waals surface area contributed by atoms with E-state index in [-0.39, 0.29) is 14.9 Å². The third kappa shape index (κ3) is 3.76. The van der Waals surface area contributed by atoms with Gasteiger partial charge in [0.1, 0.15) is 0 Å². The van der Waals surface area contributed by atoms with Crippen molar-refractivity contribution in [1.29, 1.82) is 0 Å². The Bertz CT molecular complexity index is 35.1. The molecule has 1 aliphatic heterocycles. The molecule has 0 aliphatic carbocycles. The standard InChI is InChI=1S/C3H7NO.2CH4/c5-2-3-1-4-3;;/h3-5H,1-2H2;2*1H4. The van der Waals surface area contributed by atoms with Crippen molar-refractivity contribution in [2.45, 2.75) is 20.9 Å².